The minimum absolute atomic E-state index is 0.0445. The third kappa shape index (κ3) is 4.81. The molecule has 0 saturated carbocycles. The van der Waals surface area contributed by atoms with Gasteiger partial charge in [0.1, 0.15) is 0 Å². The van der Waals surface area contributed by atoms with Gasteiger partial charge in [-0.2, -0.15) is 10.2 Å². The molecule has 2 heterocycles. The molecule has 3 rings (SSSR count). The zero-order chi connectivity index (χ0) is 19.4. The summed E-state index contributed by atoms with van der Waals surface area (Å²) in [5.74, 6) is -1.25. The van der Waals surface area contributed by atoms with E-state index in [9.17, 15) is 9.59 Å². The molecule has 27 heavy (non-hydrogen) atoms. The Kier molecular flexibility index (Phi) is 5.35. The molecular weight excluding hydrogens is 346 g/mol. The monoisotopic (exact) mass is 367 g/mol. The second-order valence-electron chi connectivity index (χ2n) is 6.35. The molecule has 0 aliphatic heterocycles. The molecule has 0 fully saturated rings. The van der Waals surface area contributed by atoms with Crippen LogP contribution in [0.1, 0.15) is 33.9 Å². The van der Waals surface area contributed by atoms with Crippen LogP contribution in [0.2, 0.25) is 0 Å². The zero-order valence-electron chi connectivity index (χ0n) is 15.2. The molecule has 0 radical (unpaired) electrons. The van der Waals surface area contributed by atoms with Crippen LogP contribution in [0.5, 0.6) is 0 Å². The van der Waals surface area contributed by atoms with Gasteiger partial charge in [-0.1, -0.05) is 12.1 Å². The van der Waals surface area contributed by atoms with Gasteiger partial charge in [-0.15, -0.1) is 0 Å². The Labute approximate surface area is 156 Å². The standard InChI is InChI=1S/C19H21N5O3/c1-13-10-14(2)24(21-13)12-15-4-3-5-16(11-15)20-19(27)17-6-8-23(22-17)9-7-18(25)26/h3-6,8,10-11H,7,9,12H2,1-2H3,(H,20,27)(H,25,26). The summed E-state index contributed by atoms with van der Waals surface area (Å²) in [5.41, 5.74) is 3.97. The number of hydrogen-bond donors (Lipinski definition) is 2. The Balaban J connectivity index is 1.66. The van der Waals surface area contributed by atoms with Crippen LogP contribution in [0.25, 0.3) is 0 Å². The van der Waals surface area contributed by atoms with Crippen molar-refractivity contribution in [3.63, 3.8) is 0 Å². The second kappa shape index (κ2) is 7.86. The normalized spacial score (nSPS) is 10.7. The van der Waals surface area contributed by atoms with Crippen LogP contribution in [0, 0.1) is 13.8 Å². The summed E-state index contributed by atoms with van der Waals surface area (Å²) >= 11 is 0. The number of aryl methyl sites for hydroxylation is 3. The first-order valence-electron chi connectivity index (χ1n) is 8.57. The number of carbonyl (C=O) groups excluding carboxylic acids is 1. The fraction of sp³-hybridized carbons (Fsp3) is 0.263. The third-order valence-corrected chi connectivity index (χ3v) is 4.05. The quantitative estimate of drug-likeness (QED) is 0.668. The maximum atomic E-state index is 12.4. The number of amides is 1. The molecule has 0 spiro atoms. The van der Waals surface area contributed by atoms with Crippen molar-refractivity contribution in [2.75, 3.05) is 5.32 Å². The molecule has 1 aromatic carbocycles. The highest BCUT2D eigenvalue weighted by Crippen LogP contribution is 2.14. The summed E-state index contributed by atoms with van der Waals surface area (Å²) in [7, 11) is 0. The Bertz CT molecular complexity index is 973. The van der Waals surface area contributed by atoms with E-state index in [-0.39, 0.29) is 24.6 Å². The van der Waals surface area contributed by atoms with Gasteiger partial charge in [0.25, 0.3) is 5.91 Å². The molecular formula is C19H21N5O3. The highest BCUT2D eigenvalue weighted by molar-refractivity contribution is 6.02. The van der Waals surface area contributed by atoms with Crippen molar-refractivity contribution < 1.29 is 14.7 Å². The minimum Gasteiger partial charge on any atom is -0.481 e. The van der Waals surface area contributed by atoms with E-state index in [1.54, 1.807) is 12.3 Å². The average molecular weight is 367 g/mol. The van der Waals surface area contributed by atoms with Crippen LogP contribution in [0.4, 0.5) is 5.69 Å². The molecule has 0 aliphatic rings. The SMILES string of the molecule is Cc1cc(C)n(Cc2cccc(NC(=O)c3ccn(CCC(=O)O)n3)c2)n1. The summed E-state index contributed by atoms with van der Waals surface area (Å²) in [4.78, 5) is 23.0. The van der Waals surface area contributed by atoms with Gasteiger partial charge in [0.05, 0.1) is 25.2 Å². The Morgan fingerprint density at radius 1 is 1.15 bits per heavy atom. The van der Waals surface area contributed by atoms with Crippen molar-refractivity contribution >= 4 is 17.6 Å². The molecule has 0 aliphatic carbocycles. The van der Waals surface area contributed by atoms with E-state index in [0.29, 0.717) is 12.2 Å². The molecule has 0 saturated heterocycles. The van der Waals surface area contributed by atoms with Gasteiger partial charge in [-0.3, -0.25) is 19.0 Å². The molecule has 2 aromatic heterocycles. The van der Waals surface area contributed by atoms with E-state index < -0.39 is 5.97 Å². The smallest absolute Gasteiger partial charge is 0.305 e. The van der Waals surface area contributed by atoms with Gasteiger partial charge >= 0.3 is 5.97 Å². The summed E-state index contributed by atoms with van der Waals surface area (Å²) < 4.78 is 3.36. The maximum absolute atomic E-state index is 12.4. The zero-order valence-corrected chi connectivity index (χ0v) is 15.2. The fourth-order valence-corrected chi connectivity index (χ4v) is 2.77. The lowest BCUT2D eigenvalue weighted by atomic mass is 10.2. The van der Waals surface area contributed by atoms with Gasteiger partial charge < -0.3 is 10.4 Å². The lowest BCUT2D eigenvalue weighted by Gasteiger charge is -2.08. The Hall–Kier alpha value is -3.42. The molecule has 0 unspecified atom stereocenters. The number of nitrogens with zero attached hydrogens (tertiary/aromatic N) is 4. The molecule has 1 amide bonds. The first-order valence-corrected chi connectivity index (χ1v) is 8.57. The lowest BCUT2D eigenvalue weighted by Crippen LogP contribution is -2.14. The van der Waals surface area contributed by atoms with Crippen molar-refractivity contribution in [1.82, 2.24) is 19.6 Å². The topological polar surface area (TPSA) is 102 Å². The molecule has 2 N–H and O–H groups in total. The van der Waals surface area contributed by atoms with Gasteiger partial charge in [0, 0.05) is 17.6 Å². The van der Waals surface area contributed by atoms with Crippen molar-refractivity contribution in [3.05, 3.63) is 65.2 Å². The van der Waals surface area contributed by atoms with Gasteiger partial charge in [-0.25, -0.2) is 0 Å². The Morgan fingerprint density at radius 2 is 1.96 bits per heavy atom. The maximum Gasteiger partial charge on any atom is 0.305 e. The predicted octanol–water partition coefficient (Wildman–Crippen LogP) is 2.47. The minimum atomic E-state index is -0.907. The summed E-state index contributed by atoms with van der Waals surface area (Å²) in [5, 5.41) is 20.1. The number of nitrogens with one attached hydrogen (secondary N) is 1. The molecule has 0 atom stereocenters. The van der Waals surface area contributed by atoms with E-state index in [1.165, 1.54) is 4.68 Å². The number of carbonyl (C=O) groups is 2. The molecule has 8 heteroatoms. The van der Waals surface area contributed by atoms with Crippen LogP contribution in [0.3, 0.4) is 0 Å². The fourth-order valence-electron chi connectivity index (χ4n) is 2.77. The molecule has 3 aromatic rings. The average Bonchev–Trinajstić information content (AvgIpc) is 3.20. The number of benzene rings is 1. The van der Waals surface area contributed by atoms with Crippen LogP contribution >= 0.6 is 0 Å². The highest BCUT2D eigenvalue weighted by Gasteiger charge is 2.11. The summed E-state index contributed by atoms with van der Waals surface area (Å²) in [6.45, 7) is 4.80. The first kappa shape index (κ1) is 18.4. The van der Waals surface area contributed by atoms with Crippen LogP contribution < -0.4 is 5.32 Å². The second-order valence-corrected chi connectivity index (χ2v) is 6.35. The number of carboxylic acids is 1. The molecule has 140 valence electrons. The van der Waals surface area contributed by atoms with Crippen molar-refractivity contribution in [1.29, 1.82) is 0 Å². The van der Waals surface area contributed by atoms with Gasteiger partial charge in [0.2, 0.25) is 0 Å². The van der Waals surface area contributed by atoms with Crippen LogP contribution in [0.15, 0.2) is 42.6 Å². The number of hydrogen-bond acceptors (Lipinski definition) is 4. The van der Waals surface area contributed by atoms with E-state index in [2.05, 4.69) is 15.5 Å². The van der Waals surface area contributed by atoms with Crippen molar-refractivity contribution in [2.24, 2.45) is 0 Å². The Morgan fingerprint density at radius 3 is 2.67 bits per heavy atom. The third-order valence-electron chi connectivity index (χ3n) is 4.05. The van der Waals surface area contributed by atoms with Crippen LogP contribution in [-0.4, -0.2) is 36.5 Å². The number of rotatable bonds is 7. The first-order chi connectivity index (χ1) is 12.9. The highest BCUT2D eigenvalue weighted by atomic mass is 16.4. The number of carboxylic acid groups (broad SMARTS) is 1. The van der Waals surface area contributed by atoms with E-state index in [4.69, 9.17) is 5.11 Å². The van der Waals surface area contributed by atoms with E-state index in [0.717, 1.165) is 17.0 Å². The van der Waals surface area contributed by atoms with E-state index in [1.807, 2.05) is 48.9 Å². The van der Waals surface area contributed by atoms with Gasteiger partial charge in [-0.05, 0) is 43.7 Å². The summed E-state index contributed by atoms with van der Waals surface area (Å²) in [6.07, 6.45) is 1.55. The molecule has 0 bridgehead atoms. The van der Waals surface area contributed by atoms with Gasteiger partial charge in [0.15, 0.2) is 5.69 Å². The predicted molar refractivity (Wildman–Crippen MR) is 99.7 cm³/mol. The van der Waals surface area contributed by atoms with E-state index >= 15 is 0 Å². The van der Waals surface area contributed by atoms with Crippen molar-refractivity contribution in [3.8, 4) is 0 Å². The number of anilines is 1. The summed E-state index contributed by atoms with van der Waals surface area (Å²) in [6, 6.07) is 11.2. The lowest BCUT2D eigenvalue weighted by molar-refractivity contribution is -0.137. The van der Waals surface area contributed by atoms with Crippen molar-refractivity contribution in [2.45, 2.75) is 33.4 Å². The van der Waals surface area contributed by atoms with Crippen LogP contribution in [-0.2, 0) is 17.9 Å². The number of aliphatic carboxylic acids is 1. The number of aromatic nitrogens is 4. The molecule has 8 nitrogen and oxygen atoms in total. The largest absolute Gasteiger partial charge is 0.481 e.